The Hall–Kier alpha value is -2.82. The molecule has 0 saturated heterocycles. The molecule has 21 heavy (non-hydrogen) atoms. The molecule has 0 radical (unpaired) electrons. The Morgan fingerprint density at radius 3 is 2.33 bits per heavy atom. The van der Waals surface area contributed by atoms with E-state index in [4.69, 9.17) is 0 Å². The zero-order chi connectivity index (χ0) is 15.1. The Balaban J connectivity index is 1.98. The summed E-state index contributed by atoms with van der Waals surface area (Å²) in [5.41, 5.74) is 1.91. The molecule has 0 bridgehead atoms. The van der Waals surface area contributed by atoms with E-state index in [-0.39, 0.29) is 11.9 Å². The van der Waals surface area contributed by atoms with Crippen molar-refractivity contribution in [1.82, 2.24) is 10.6 Å². The maximum Gasteiger partial charge on any atom is 0.319 e. The second-order valence-electron chi connectivity index (χ2n) is 4.42. The third-order valence-electron chi connectivity index (χ3n) is 2.94. The van der Waals surface area contributed by atoms with Gasteiger partial charge in [-0.2, -0.15) is 0 Å². The standard InChI is InChI=1S/C16H17N3O2/c1-17-15(20)13-9-5-6-10-14(13)19-16(21)18-11-12-7-3-2-4-8-12/h2-10H,11H2,1H3,(H,17,20)(H2,18,19,21). The first-order chi connectivity index (χ1) is 10.2. The number of rotatable bonds is 4. The van der Waals surface area contributed by atoms with Gasteiger partial charge in [-0.05, 0) is 17.7 Å². The molecule has 0 saturated carbocycles. The number of carbonyl (C=O) groups is 2. The molecule has 0 aliphatic heterocycles. The van der Waals surface area contributed by atoms with E-state index in [1.807, 2.05) is 30.3 Å². The summed E-state index contributed by atoms with van der Waals surface area (Å²) in [5.74, 6) is -0.242. The molecule has 2 aromatic carbocycles. The van der Waals surface area contributed by atoms with E-state index in [0.29, 0.717) is 17.8 Å². The van der Waals surface area contributed by atoms with Gasteiger partial charge in [0.15, 0.2) is 0 Å². The van der Waals surface area contributed by atoms with Gasteiger partial charge < -0.3 is 16.0 Å². The van der Waals surface area contributed by atoms with Gasteiger partial charge in [0.05, 0.1) is 11.3 Å². The summed E-state index contributed by atoms with van der Waals surface area (Å²) in [7, 11) is 1.55. The molecule has 108 valence electrons. The van der Waals surface area contributed by atoms with Crippen LogP contribution in [0.5, 0.6) is 0 Å². The quantitative estimate of drug-likeness (QED) is 0.806. The largest absolute Gasteiger partial charge is 0.355 e. The molecule has 0 spiro atoms. The molecular formula is C16H17N3O2. The summed E-state index contributed by atoms with van der Waals surface area (Å²) in [4.78, 5) is 23.6. The topological polar surface area (TPSA) is 70.2 Å². The highest BCUT2D eigenvalue weighted by Gasteiger charge is 2.11. The molecule has 0 aromatic heterocycles. The van der Waals surface area contributed by atoms with Gasteiger partial charge in [0.25, 0.3) is 5.91 Å². The molecule has 0 unspecified atom stereocenters. The number of hydrogen-bond donors (Lipinski definition) is 3. The molecule has 0 aliphatic rings. The summed E-state index contributed by atoms with van der Waals surface area (Å²) in [6.45, 7) is 0.425. The highest BCUT2D eigenvalue weighted by atomic mass is 16.2. The van der Waals surface area contributed by atoms with E-state index in [1.165, 1.54) is 0 Å². The van der Waals surface area contributed by atoms with Gasteiger partial charge >= 0.3 is 6.03 Å². The lowest BCUT2D eigenvalue weighted by molar-refractivity contribution is 0.0964. The molecule has 0 atom stereocenters. The lowest BCUT2D eigenvalue weighted by Gasteiger charge is -2.11. The second-order valence-corrected chi connectivity index (χ2v) is 4.42. The molecule has 0 fully saturated rings. The van der Waals surface area contributed by atoms with Crippen molar-refractivity contribution in [2.75, 3.05) is 12.4 Å². The fourth-order valence-electron chi connectivity index (χ4n) is 1.87. The number of amides is 3. The van der Waals surface area contributed by atoms with Crippen LogP contribution in [0.2, 0.25) is 0 Å². The minimum Gasteiger partial charge on any atom is -0.355 e. The molecule has 2 rings (SSSR count). The Bertz CT molecular complexity index is 626. The van der Waals surface area contributed by atoms with E-state index in [0.717, 1.165) is 5.56 Å². The van der Waals surface area contributed by atoms with Crippen LogP contribution in [-0.2, 0) is 6.54 Å². The van der Waals surface area contributed by atoms with Gasteiger partial charge in [0.1, 0.15) is 0 Å². The summed E-state index contributed by atoms with van der Waals surface area (Å²) in [5, 5.41) is 7.98. The van der Waals surface area contributed by atoms with Crippen LogP contribution in [0.25, 0.3) is 0 Å². The maximum absolute atomic E-state index is 11.9. The summed E-state index contributed by atoms with van der Waals surface area (Å²) in [6, 6.07) is 16.1. The zero-order valence-corrected chi connectivity index (χ0v) is 11.7. The number of anilines is 1. The van der Waals surface area contributed by atoms with Gasteiger partial charge in [0, 0.05) is 13.6 Å². The maximum atomic E-state index is 11.9. The van der Waals surface area contributed by atoms with Gasteiger partial charge in [0.2, 0.25) is 0 Å². The molecule has 5 nitrogen and oxygen atoms in total. The van der Waals surface area contributed by atoms with Gasteiger partial charge in [-0.15, -0.1) is 0 Å². The molecular weight excluding hydrogens is 266 g/mol. The number of urea groups is 1. The van der Waals surface area contributed by atoms with Crippen molar-refractivity contribution >= 4 is 17.6 Å². The Morgan fingerprint density at radius 2 is 1.62 bits per heavy atom. The Morgan fingerprint density at radius 1 is 0.952 bits per heavy atom. The van der Waals surface area contributed by atoms with Crippen LogP contribution in [0.1, 0.15) is 15.9 Å². The SMILES string of the molecule is CNC(=O)c1ccccc1NC(=O)NCc1ccccc1. The van der Waals surface area contributed by atoms with E-state index < -0.39 is 0 Å². The number of nitrogens with one attached hydrogen (secondary N) is 3. The number of carbonyl (C=O) groups excluding carboxylic acids is 2. The van der Waals surface area contributed by atoms with Crippen LogP contribution in [0, 0.1) is 0 Å². The van der Waals surface area contributed by atoms with Crippen LogP contribution >= 0.6 is 0 Å². The van der Waals surface area contributed by atoms with Crippen molar-refractivity contribution in [3.8, 4) is 0 Å². The lowest BCUT2D eigenvalue weighted by Crippen LogP contribution is -2.29. The van der Waals surface area contributed by atoms with Crippen molar-refractivity contribution in [3.05, 3.63) is 65.7 Å². The fourth-order valence-corrected chi connectivity index (χ4v) is 1.87. The summed E-state index contributed by atoms with van der Waals surface area (Å²) < 4.78 is 0. The van der Waals surface area contributed by atoms with Crippen LogP contribution in [-0.4, -0.2) is 19.0 Å². The van der Waals surface area contributed by atoms with E-state index in [9.17, 15) is 9.59 Å². The van der Waals surface area contributed by atoms with Crippen molar-refractivity contribution in [3.63, 3.8) is 0 Å². The van der Waals surface area contributed by atoms with Crippen molar-refractivity contribution < 1.29 is 9.59 Å². The van der Waals surface area contributed by atoms with Gasteiger partial charge in [-0.1, -0.05) is 42.5 Å². The Kier molecular flexibility index (Phi) is 4.93. The first-order valence-electron chi connectivity index (χ1n) is 6.60. The van der Waals surface area contributed by atoms with Gasteiger partial charge in [-0.25, -0.2) is 4.79 Å². The normalized spacial score (nSPS) is 9.76. The van der Waals surface area contributed by atoms with E-state index in [1.54, 1.807) is 31.3 Å². The van der Waals surface area contributed by atoms with Crippen molar-refractivity contribution in [2.24, 2.45) is 0 Å². The molecule has 0 aliphatic carbocycles. The first-order valence-corrected chi connectivity index (χ1v) is 6.60. The third kappa shape index (κ3) is 4.07. The predicted molar refractivity (Wildman–Crippen MR) is 82.1 cm³/mol. The number of hydrogen-bond acceptors (Lipinski definition) is 2. The second kappa shape index (κ2) is 7.09. The van der Waals surface area contributed by atoms with Crippen LogP contribution in [0.4, 0.5) is 10.5 Å². The minimum absolute atomic E-state index is 0.242. The lowest BCUT2D eigenvalue weighted by atomic mass is 10.1. The minimum atomic E-state index is -0.352. The van der Waals surface area contributed by atoms with Crippen molar-refractivity contribution in [2.45, 2.75) is 6.54 Å². The Labute approximate surface area is 123 Å². The zero-order valence-electron chi connectivity index (χ0n) is 11.7. The summed E-state index contributed by atoms with van der Waals surface area (Å²) >= 11 is 0. The van der Waals surface area contributed by atoms with Crippen molar-refractivity contribution in [1.29, 1.82) is 0 Å². The molecule has 3 amide bonds. The predicted octanol–water partition coefficient (Wildman–Crippen LogP) is 2.37. The molecule has 3 N–H and O–H groups in total. The monoisotopic (exact) mass is 283 g/mol. The number of para-hydroxylation sites is 1. The highest BCUT2D eigenvalue weighted by molar-refractivity contribution is 6.03. The highest BCUT2D eigenvalue weighted by Crippen LogP contribution is 2.14. The molecule has 5 heteroatoms. The smallest absolute Gasteiger partial charge is 0.319 e. The van der Waals surface area contributed by atoms with E-state index >= 15 is 0 Å². The molecule has 2 aromatic rings. The van der Waals surface area contributed by atoms with Crippen LogP contribution < -0.4 is 16.0 Å². The van der Waals surface area contributed by atoms with E-state index in [2.05, 4.69) is 16.0 Å². The van der Waals surface area contributed by atoms with Crippen LogP contribution in [0.3, 0.4) is 0 Å². The fraction of sp³-hybridized carbons (Fsp3) is 0.125. The average Bonchev–Trinajstić information content (AvgIpc) is 2.54. The average molecular weight is 283 g/mol. The number of benzene rings is 2. The first kappa shape index (κ1) is 14.6. The third-order valence-corrected chi connectivity index (χ3v) is 2.94. The van der Waals surface area contributed by atoms with Gasteiger partial charge in [-0.3, -0.25) is 4.79 Å². The van der Waals surface area contributed by atoms with Crippen LogP contribution in [0.15, 0.2) is 54.6 Å². The summed E-state index contributed by atoms with van der Waals surface area (Å²) in [6.07, 6.45) is 0. The molecule has 0 heterocycles.